The van der Waals surface area contributed by atoms with Crippen molar-refractivity contribution in [1.29, 1.82) is 0 Å². The third-order valence-corrected chi connectivity index (χ3v) is 6.33. The summed E-state index contributed by atoms with van der Waals surface area (Å²) in [4.78, 5) is 4.63. The molecular weight excluding hydrogens is 264 g/mol. The number of rotatable bonds is 4. The van der Waals surface area contributed by atoms with Crippen LogP contribution in [-0.2, 0) is 0 Å². The van der Waals surface area contributed by atoms with Crippen LogP contribution in [0.25, 0.3) is 0 Å². The van der Waals surface area contributed by atoms with Crippen LogP contribution < -0.4 is 5.32 Å². The molecule has 2 saturated carbocycles. The highest BCUT2D eigenvalue weighted by molar-refractivity contribution is 8.14. The molecule has 20 heavy (non-hydrogen) atoms. The largest absolute Gasteiger partial charge is 0.362 e. The van der Waals surface area contributed by atoms with E-state index in [1.165, 1.54) is 81.5 Å². The average molecular weight is 295 g/mol. The fourth-order valence-electron chi connectivity index (χ4n) is 4.27. The number of aliphatic imine (C=N–C) groups is 1. The molecular formula is C17H30N2S. The lowest BCUT2D eigenvalue weighted by atomic mass is 9.77. The van der Waals surface area contributed by atoms with Gasteiger partial charge in [0.05, 0.1) is 6.54 Å². The summed E-state index contributed by atoms with van der Waals surface area (Å²) in [6, 6.07) is 0.711. The summed E-state index contributed by atoms with van der Waals surface area (Å²) < 4.78 is 0. The second-order valence-electron chi connectivity index (χ2n) is 6.92. The van der Waals surface area contributed by atoms with Crippen LogP contribution in [0.4, 0.5) is 0 Å². The van der Waals surface area contributed by atoms with Gasteiger partial charge in [-0.2, -0.15) is 0 Å². The quantitative estimate of drug-likeness (QED) is 0.819. The molecule has 0 saturated heterocycles. The topological polar surface area (TPSA) is 24.4 Å². The molecule has 3 heteroatoms. The molecule has 3 aliphatic rings. The molecule has 1 aliphatic heterocycles. The predicted octanol–water partition coefficient (Wildman–Crippen LogP) is 4.60. The predicted molar refractivity (Wildman–Crippen MR) is 89.5 cm³/mol. The molecule has 0 aromatic rings. The Bertz CT molecular complexity index is 317. The molecule has 0 spiro atoms. The van der Waals surface area contributed by atoms with Gasteiger partial charge in [0.15, 0.2) is 5.17 Å². The van der Waals surface area contributed by atoms with Crippen molar-refractivity contribution < 1.29 is 0 Å². The van der Waals surface area contributed by atoms with E-state index in [4.69, 9.17) is 0 Å². The number of thioether (sulfide) groups is 1. The standard InChI is InChI=1S/C17H30N2S/c1-3-7-14(8-4-1)13-16(15-9-5-2-6-10-15)19-17-18-11-12-20-17/h14-16H,1-13H2,(H,18,19). The Balaban J connectivity index is 1.58. The maximum absolute atomic E-state index is 4.63. The zero-order valence-corrected chi connectivity index (χ0v) is 13.6. The van der Waals surface area contributed by atoms with Crippen LogP contribution in [0.2, 0.25) is 0 Å². The van der Waals surface area contributed by atoms with E-state index in [2.05, 4.69) is 10.3 Å². The maximum atomic E-state index is 4.63. The summed E-state index contributed by atoms with van der Waals surface area (Å²) in [6.07, 6.45) is 16.0. The lowest BCUT2D eigenvalue weighted by Gasteiger charge is -2.35. The normalized spacial score (nSPS) is 27.3. The molecule has 0 aromatic heterocycles. The van der Waals surface area contributed by atoms with Crippen molar-refractivity contribution in [3.63, 3.8) is 0 Å². The molecule has 2 aliphatic carbocycles. The van der Waals surface area contributed by atoms with Crippen LogP contribution in [0, 0.1) is 11.8 Å². The van der Waals surface area contributed by atoms with Gasteiger partial charge in [0.25, 0.3) is 0 Å². The molecule has 1 heterocycles. The van der Waals surface area contributed by atoms with E-state index in [9.17, 15) is 0 Å². The van der Waals surface area contributed by atoms with E-state index in [1.54, 1.807) is 0 Å². The smallest absolute Gasteiger partial charge is 0.156 e. The third-order valence-electron chi connectivity index (χ3n) is 5.43. The first kappa shape index (κ1) is 14.7. The molecule has 1 unspecified atom stereocenters. The second kappa shape index (κ2) is 7.72. The minimum absolute atomic E-state index is 0.711. The van der Waals surface area contributed by atoms with E-state index >= 15 is 0 Å². The van der Waals surface area contributed by atoms with Crippen molar-refractivity contribution in [1.82, 2.24) is 5.32 Å². The van der Waals surface area contributed by atoms with Crippen molar-refractivity contribution in [3.8, 4) is 0 Å². The molecule has 2 fully saturated rings. The van der Waals surface area contributed by atoms with Crippen LogP contribution >= 0.6 is 11.8 Å². The molecule has 1 N–H and O–H groups in total. The highest BCUT2D eigenvalue weighted by Gasteiger charge is 2.28. The lowest BCUT2D eigenvalue weighted by molar-refractivity contribution is 0.229. The number of hydrogen-bond donors (Lipinski definition) is 1. The van der Waals surface area contributed by atoms with E-state index < -0.39 is 0 Å². The van der Waals surface area contributed by atoms with Crippen LogP contribution in [0.5, 0.6) is 0 Å². The Morgan fingerprint density at radius 2 is 1.70 bits per heavy atom. The third kappa shape index (κ3) is 4.16. The van der Waals surface area contributed by atoms with Gasteiger partial charge in [-0.05, 0) is 31.1 Å². The fraction of sp³-hybridized carbons (Fsp3) is 0.941. The molecule has 0 aromatic carbocycles. The van der Waals surface area contributed by atoms with Gasteiger partial charge in [-0.15, -0.1) is 0 Å². The Kier molecular flexibility index (Phi) is 5.69. The number of amidine groups is 1. The van der Waals surface area contributed by atoms with Crippen molar-refractivity contribution in [2.24, 2.45) is 16.8 Å². The Morgan fingerprint density at radius 1 is 1.00 bits per heavy atom. The molecule has 2 nitrogen and oxygen atoms in total. The zero-order chi connectivity index (χ0) is 13.6. The summed E-state index contributed by atoms with van der Waals surface area (Å²) in [7, 11) is 0. The van der Waals surface area contributed by atoms with Gasteiger partial charge in [-0.1, -0.05) is 63.1 Å². The van der Waals surface area contributed by atoms with Crippen molar-refractivity contribution in [2.75, 3.05) is 12.3 Å². The van der Waals surface area contributed by atoms with Crippen LogP contribution in [0.15, 0.2) is 4.99 Å². The number of hydrogen-bond acceptors (Lipinski definition) is 3. The van der Waals surface area contributed by atoms with Crippen molar-refractivity contribution >= 4 is 16.9 Å². The second-order valence-corrected chi connectivity index (χ2v) is 8.01. The van der Waals surface area contributed by atoms with Crippen LogP contribution in [0.3, 0.4) is 0 Å². The lowest BCUT2D eigenvalue weighted by Crippen LogP contribution is -2.41. The number of nitrogens with zero attached hydrogens (tertiary/aromatic N) is 1. The minimum Gasteiger partial charge on any atom is -0.362 e. The first-order valence-corrected chi connectivity index (χ1v) is 9.84. The summed E-state index contributed by atoms with van der Waals surface area (Å²) in [5, 5.41) is 5.09. The summed E-state index contributed by atoms with van der Waals surface area (Å²) in [6.45, 7) is 1.02. The Labute approximate surface area is 128 Å². The minimum atomic E-state index is 0.711. The first-order valence-electron chi connectivity index (χ1n) is 8.85. The molecule has 114 valence electrons. The van der Waals surface area contributed by atoms with E-state index in [-0.39, 0.29) is 0 Å². The zero-order valence-electron chi connectivity index (χ0n) is 12.8. The summed E-state index contributed by atoms with van der Waals surface area (Å²) >= 11 is 1.94. The van der Waals surface area contributed by atoms with Gasteiger partial charge in [-0.25, -0.2) is 0 Å². The van der Waals surface area contributed by atoms with Gasteiger partial charge in [-0.3, -0.25) is 4.99 Å². The van der Waals surface area contributed by atoms with Gasteiger partial charge >= 0.3 is 0 Å². The van der Waals surface area contributed by atoms with Crippen LogP contribution in [-0.4, -0.2) is 23.5 Å². The molecule has 1 atom stereocenters. The highest BCUT2D eigenvalue weighted by Crippen LogP contribution is 2.34. The number of nitrogens with one attached hydrogen (secondary N) is 1. The molecule has 3 rings (SSSR count). The first-order chi connectivity index (χ1) is 9.92. The SMILES string of the molecule is C1CCC(CC(NC2=NCCS2)C2CCCCC2)CC1. The van der Waals surface area contributed by atoms with E-state index in [0.717, 1.165) is 18.4 Å². The van der Waals surface area contributed by atoms with Crippen LogP contribution in [0.1, 0.15) is 70.6 Å². The molecule has 0 bridgehead atoms. The molecule has 0 amide bonds. The Morgan fingerprint density at radius 3 is 2.35 bits per heavy atom. The average Bonchev–Trinajstić information content (AvgIpc) is 3.02. The van der Waals surface area contributed by atoms with Crippen molar-refractivity contribution in [2.45, 2.75) is 76.7 Å². The van der Waals surface area contributed by atoms with Gasteiger partial charge in [0, 0.05) is 11.8 Å². The monoisotopic (exact) mass is 294 g/mol. The summed E-state index contributed by atoms with van der Waals surface area (Å²) in [5.41, 5.74) is 0. The summed E-state index contributed by atoms with van der Waals surface area (Å²) in [5.74, 6) is 3.08. The fourth-order valence-corrected chi connectivity index (χ4v) is 5.06. The van der Waals surface area contributed by atoms with Crippen molar-refractivity contribution in [3.05, 3.63) is 0 Å². The van der Waals surface area contributed by atoms with E-state index in [1.807, 2.05) is 11.8 Å². The Hall–Kier alpha value is -0.180. The highest BCUT2D eigenvalue weighted by atomic mass is 32.2. The van der Waals surface area contributed by atoms with Gasteiger partial charge < -0.3 is 5.32 Å². The van der Waals surface area contributed by atoms with Gasteiger partial charge in [0.2, 0.25) is 0 Å². The molecule has 0 radical (unpaired) electrons. The van der Waals surface area contributed by atoms with Gasteiger partial charge in [0.1, 0.15) is 0 Å². The van der Waals surface area contributed by atoms with E-state index in [0.29, 0.717) is 6.04 Å². The maximum Gasteiger partial charge on any atom is 0.156 e.